The van der Waals surface area contributed by atoms with E-state index in [1.807, 2.05) is 57.1 Å². The van der Waals surface area contributed by atoms with Gasteiger partial charge in [0, 0.05) is 32.4 Å². The van der Waals surface area contributed by atoms with Crippen molar-refractivity contribution in [3.63, 3.8) is 0 Å². The van der Waals surface area contributed by atoms with Crippen molar-refractivity contribution >= 4 is 17.7 Å². The molecule has 0 fully saturated rings. The number of hydrogen-bond acceptors (Lipinski definition) is 3. The zero-order valence-corrected chi connectivity index (χ0v) is 13.4. The summed E-state index contributed by atoms with van der Waals surface area (Å²) in [6.07, 6.45) is 4.51. The molecule has 0 saturated carbocycles. The second-order valence-electron chi connectivity index (χ2n) is 5.47. The van der Waals surface area contributed by atoms with E-state index >= 15 is 0 Å². The smallest absolute Gasteiger partial charge is 0.244 e. The second-order valence-corrected chi connectivity index (χ2v) is 5.47. The van der Waals surface area contributed by atoms with Crippen LogP contribution in [0, 0.1) is 0 Å². The maximum Gasteiger partial charge on any atom is 0.244 e. The minimum atomic E-state index is -0.809. The molecule has 0 unspecified atom stereocenters. The van der Waals surface area contributed by atoms with E-state index in [0.29, 0.717) is 12.8 Å². The van der Waals surface area contributed by atoms with Gasteiger partial charge in [0.05, 0.1) is 5.60 Å². The fourth-order valence-corrected chi connectivity index (χ4v) is 1.87. The molecule has 116 valence electrons. The normalized spacial score (nSPS) is 11.7. The van der Waals surface area contributed by atoms with E-state index in [4.69, 9.17) is 0 Å². The first-order valence-electron chi connectivity index (χ1n) is 7.36. The third-order valence-corrected chi connectivity index (χ3v) is 3.74. The summed E-state index contributed by atoms with van der Waals surface area (Å²) >= 11 is 0. The van der Waals surface area contributed by atoms with Crippen LogP contribution in [0.2, 0.25) is 0 Å². The zero-order chi connectivity index (χ0) is 15.9. The topological polar surface area (TPSA) is 52.6 Å². The van der Waals surface area contributed by atoms with Crippen molar-refractivity contribution < 1.29 is 9.90 Å². The van der Waals surface area contributed by atoms with Gasteiger partial charge in [-0.3, -0.25) is 4.79 Å². The lowest BCUT2D eigenvalue weighted by Crippen LogP contribution is -2.41. The number of rotatable bonds is 7. The molecule has 0 aromatic heterocycles. The largest absolute Gasteiger partial charge is 0.388 e. The molecule has 0 aliphatic rings. The molecular formula is C17H26N2O2. The number of amides is 1. The quantitative estimate of drug-likeness (QED) is 0.758. The Morgan fingerprint density at radius 2 is 1.81 bits per heavy atom. The Morgan fingerprint density at radius 1 is 1.24 bits per heavy atom. The van der Waals surface area contributed by atoms with Gasteiger partial charge >= 0.3 is 0 Å². The molecule has 0 radical (unpaired) electrons. The SMILES string of the molecule is CCC(O)(CC)CNC(=O)C=Cc1ccc(N(C)C)cc1. The Kier molecular flexibility index (Phi) is 6.43. The maximum absolute atomic E-state index is 11.8. The lowest BCUT2D eigenvalue weighted by Gasteiger charge is -2.24. The highest BCUT2D eigenvalue weighted by Crippen LogP contribution is 2.14. The third kappa shape index (κ3) is 5.60. The van der Waals surface area contributed by atoms with E-state index in [2.05, 4.69) is 5.32 Å². The van der Waals surface area contributed by atoms with E-state index in [1.165, 1.54) is 6.08 Å². The van der Waals surface area contributed by atoms with Crippen molar-refractivity contribution in [3.05, 3.63) is 35.9 Å². The number of nitrogens with one attached hydrogen (secondary N) is 1. The summed E-state index contributed by atoms with van der Waals surface area (Å²) < 4.78 is 0. The lowest BCUT2D eigenvalue weighted by molar-refractivity contribution is -0.117. The number of carbonyl (C=O) groups is 1. The van der Waals surface area contributed by atoms with Crippen LogP contribution in [0.5, 0.6) is 0 Å². The molecule has 4 heteroatoms. The Bertz CT molecular complexity index is 474. The van der Waals surface area contributed by atoms with Gasteiger partial charge in [0.15, 0.2) is 0 Å². The number of aliphatic hydroxyl groups is 1. The van der Waals surface area contributed by atoms with Gasteiger partial charge in [-0.25, -0.2) is 0 Å². The third-order valence-electron chi connectivity index (χ3n) is 3.74. The number of nitrogens with zero attached hydrogens (tertiary/aromatic N) is 1. The molecule has 2 N–H and O–H groups in total. The van der Waals surface area contributed by atoms with Gasteiger partial charge in [0.25, 0.3) is 0 Å². The van der Waals surface area contributed by atoms with Crippen LogP contribution in [0.1, 0.15) is 32.3 Å². The molecule has 0 bridgehead atoms. The Balaban J connectivity index is 2.54. The van der Waals surface area contributed by atoms with E-state index in [1.54, 1.807) is 6.08 Å². The minimum Gasteiger partial charge on any atom is -0.388 e. The van der Waals surface area contributed by atoms with Crippen LogP contribution < -0.4 is 10.2 Å². The molecular weight excluding hydrogens is 264 g/mol. The Hall–Kier alpha value is -1.81. The fraction of sp³-hybridized carbons (Fsp3) is 0.471. The molecule has 0 heterocycles. The van der Waals surface area contributed by atoms with Gasteiger partial charge in [-0.1, -0.05) is 26.0 Å². The number of carbonyl (C=O) groups excluding carboxylic acids is 1. The van der Waals surface area contributed by atoms with Crippen LogP contribution in [0.4, 0.5) is 5.69 Å². The van der Waals surface area contributed by atoms with Crippen molar-refractivity contribution in [2.75, 3.05) is 25.5 Å². The highest BCUT2D eigenvalue weighted by molar-refractivity contribution is 5.91. The molecule has 1 aromatic carbocycles. The summed E-state index contributed by atoms with van der Waals surface area (Å²) in [5.41, 5.74) is 1.28. The molecule has 4 nitrogen and oxygen atoms in total. The molecule has 1 aromatic rings. The van der Waals surface area contributed by atoms with E-state index in [-0.39, 0.29) is 12.5 Å². The van der Waals surface area contributed by atoms with Crippen molar-refractivity contribution in [1.29, 1.82) is 0 Å². The monoisotopic (exact) mass is 290 g/mol. The van der Waals surface area contributed by atoms with E-state index < -0.39 is 5.60 Å². The highest BCUT2D eigenvalue weighted by atomic mass is 16.3. The van der Waals surface area contributed by atoms with Gasteiger partial charge in [0.2, 0.25) is 5.91 Å². The first kappa shape index (κ1) is 17.2. The molecule has 0 aliphatic carbocycles. The first-order valence-corrected chi connectivity index (χ1v) is 7.36. The minimum absolute atomic E-state index is 0.188. The van der Waals surface area contributed by atoms with Crippen LogP contribution >= 0.6 is 0 Å². The molecule has 0 spiro atoms. The van der Waals surface area contributed by atoms with Crippen molar-refractivity contribution in [2.24, 2.45) is 0 Å². The predicted octanol–water partition coefficient (Wildman–Crippen LogP) is 2.43. The molecule has 0 saturated heterocycles. The Labute approximate surface area is 127 Å². The van der Waals surface area contributed by atoms with Gasteiger partial charge < -0.3 is 15.3 Å². The maximum atomic E-state index is 11.8. The fourth-order valence-electron chi connectivity index (χ4n) is 1.87. The number of hydrogen-bond donors (Lipinski definition) is 2. The molecule has 0 aliphatic heterocycles. The summed E-state index contributed by atoms with van der Waals surface area (Å²) in [5, 5.41) is 12.8. The lowest BCUT2D eigenvalue weighted by atomic mass is 9.98. The predicted molar refractivity (Wildman–Crippen MR) is 88.3 cm³/mol. The van der Waals surface area contributed by atoms with Crippen molar-refractivity contribution in [3.8, 4) is 0 Å². The number of anilines is 1. The van der Waals surface area contributed by atoms with Crippen molar-refractivity contribution in [2.45, 2.75) is 32.3 Å². The Morgan fingerprint density at radius 3 is 2.29 bits per heavy atom. The summed E-state index contributed by atoms with van der Waals surface area (Å²) in [6, 6.07) is 7.94. The second kappa shape index (κ2) is 7.84. The van der Waals surface area contributed by atoms with Crippen LogP contribution in [0.3, 0.4) is 0 Å². The number of benzene rings is 1. The van der Waals surface area contributed by atoms with E-state index in [9.17, 15) is 9.90 Å². The van der Waals surface area contributed by atoms with Gasteiger partial charge in [-0.2, -0.15) is 0 Å². The summed E-state index contributed by atoms with van der Waals surface area (Å²) in [6.45, 7) is 4.11. The summed E-state index contributed by atoms with van der Waals surface area (Å²) in [5.74, 6) is -0.188. The first-order chi connectivity index (χ1) is 9.90. The van der Waals surface area contributed by atoms with Crippen LogP contribution in [-0.2, 0) is 4.79 Å². The van der Waals surface area contributed by atoms with Gasteiger partial charge in [-0.05, 0) is 36.6 Å². The van der Waals surface area contributed by atoms with Crippen molar-refractivity contribution in [1.82, 2.24) is 5.32 Å². The van der Waals surface area contributed by atoms with Crippen LogP contribution in [-0.4, -0.2) is 37.3 Å². The van der Waals surface area contributed by atoms with Crippen LogP contribution in [0.15, 0.2) is 30.3 Å². The summed E-state index contributed by atoms with van der Waals surface area (Å²) in [7, 11) is 3.97. The van der Waals surface area contributed by atoms with Gasteiger partial charge in [-0.15, -0.1) is 0 Å². The van der Waals surface area contributed by atoms with Gasteiger partial charge in [0.1, 0.15) is 0 Å². The molecule has 0 atom stereocenters. The zero-order valence-electron chi connectivity index (χ0n) is 13.4. The summed E-state index contributed by atoms with van der Waals surface area (Å²) in [4.78, 5) is 13.8. The average Bonchev–Trinajstić information content (AvgIpc) is 2.51. The molecule has 1 rings (SSSR count). The molecule has 21 heavy (non-hydrogen) atoms. The van der Waals surface area contributed by atoms with E-state index in [0.717, 1.165) is 11.3 Å². The highest BCUT2D eigenvalue weighted by Gasteiger charge is 2.22. The molecule has 1 amide bonds. The standard InChI is InChI=1S/C17H26N2O2/c1-5-17(21,6-2)13-18-16(20)12-9-14-7-10-15(11-8-14)19(3)4/h7-12,21H,5-6,13H2,1-4H3,(H,18,20). The average molecular weight is 290 g/mol. The van der Waals surface area contributed by atoms with Crippen LogP contribution in [0.25, 0.3) is 6.08 Å².